The summed E-state index contributed by atoms with van der Waals surface area (Å²) in [5.74, 6) is 0.663. The molecule has 0 aliphatic carbocycles. The maximum Gasteiger partial charge on any atom is 0.352 e. The van der Waals surface area contributed by atoms with Crippen LogP contribution in [0.25, 0.3) is 0 Å². The van der Waals surface area contributed by atoms with Crippen molar-refractivity contribution in [1.29, 1.82) is 0 Å². The zero-order chi connectivity index (χ0) is 15.4. The second kappa shape index (κ2) is 7.09. The maximum absolute atomic E-state index is 12.0. The minimum atomic E-state index is -0.705. The Labute approximate surface area is 140 Å². The van der Waals surface area contributed by atoms with Crippen LogP contribution in [0.15, 0.2) is 51.4 Å². The molecule has 0 bridgehead atoms. The molecule has 0 fully saturated rings. The molecule has 0 unspecified atom stereocenters. The van der Waals surface area contributed by atoms with E-state index in [-0.39, 0.29) is 0 Å². The van der Waals surface area contributed by atoms with Crippen LogP contribution < -0.4 is 9.47 Å². The fourth-order valence-corrected chi connectivity index (χ4v) is 2.76. The van der Waals surface area contributed by atoms with Crippen molar-refractivity contribution >= 4 is 37.8 Å². The van der Waals surface area contributed by atoms with Gasteiger partial charge in [-0.15, -0.1) is 0 Å². The molecule has 2 rings (SSSR count). The highest BCUT2D eigenvalue weighted by Gasteiger charge is 2.18. The van der Waals surface area contributed by atoms with E-state index in [1.165, 1.54) is 0 Å². The Morgan fingerprint density at radius 1 is 1.10 bits per heavy atom. The van der Waals surface area contributed by atoms with Crippen LogP contribution in [0.3, 0.4) is 0 Å². The third-order valence-corrected chi connectivity index (χ3v) is 3.88. The van der Waals surface area contributed by atoms with E-state index in [0.717, 1.165) is 14.5 Å². The van der Waals surface area contributed by atoms with Crippen molar-refractivity contribution in [2.45, 2.75) is 20.0 Å². The van der Waals surface area contributed by atoms with Gasteiger partial charge in [-0.3, -0.25) is 0 Å². The van der Waals surface area contributed by atoms with Gasteiger partial charge in [-0.25, -0.2) is 4.79 Å². The first kappa shape index (κ1) is 16.0. The van der Waals surface area contributed by atoms with Crippen LogP contribution in [0.4, 0.5) is 0 Å². The third-order valence-electron chi connectivity index (χ3n) is 2.77. The van der Waals surface area contributed by atoms with E-state index in [0.29, 0.717) is 11.5 Å². The Morgan fingerprint density at radius 3 is 2.38 bits per heavy atom. The van der Waals surface area contributed by atoms with E-state index in [4.69, 9.17) is 9.47 Å². The number of hydrogen-bond acceptors (Lipinski definition) is 3. The molecule has 0 aliphatic rings. The van der Waals surface area contributed by atoms with Crippen LogP contribution in [0.5, 0.6) is 11.5 Å². The minimum absolute atomic E-state index is 0.436. The molecular formula is C16H14Br2O3. The van der Waals surface area contributed by atoms with Crippen molar-refractivity contribution in [3.8, 4) is 11.5 Å². The summed E-state index contributed by atoms with van der Waals surface area (Å²) in [5, 5.41) is 0. The topological polar surface area (TPSA) is 35.5 Å². The van der Waals surface area contributed by atoms with Gasteiger partial charge in [0.2, 0.25) is 0 Å². The molecule has 5 heteroatoms. The molecule has 2 aromatic rings. The summed E-state index contributed by atoms with van der Waals surface area (Å²) in [6.07, 6.45) is -0.705. The van der Waals surface area contributed by atoms with Gasteiger partial charge in [0.1, 0.15) is 11.5 Å². The number of ether oxygens (including phenoxy) is 2. The summed E-state index contributed by atoms with van der Waals surface area (Å²) >= 11 is 6.76. The first-order chi connectivity index (χ1) is 9.95. The van der Waals surface area contributed by atoms with E-state index in [9.17, 15) is 4.79 Å². The number of carbonyl (C=O) groups is 1. The number of carbonyl (C=O) groups excluding carboxylic acids is 1. The molecule has 1 atom stereocenters. The molecule has 0 heterocycles. The lowest BCUT2D eigenvalue weighted by atomic mass is 10.2. The van der Waals surface area contributed by atoms with Gasteiger partial charge in [0.25, 0.3) is 0 Å². The third kappa shape index (κ3) is 4.58. The fourth-order valence-electron chi connectivity index (χ4n) is 1.61. The summed E-state index contributed by atoms with van der Waals surface area (Å²) in [6.45, 7) is 3.63. The predicted molar refractivity (Wildman–Crippen MR) is 88.7 cm³/mol. The molecule has 3 nitrogen and oxygen atoms in total. The molecule has 0 amide bonds. The quantitative estimate of drug-likeness (QED) is 0.528. The predicted octanol–water partition coefficient (Wildman–Crippen LogP) is 4.89. The lowest BCUT2D eigenvalue weighted by Gasteiger charge is -2.15. The highest BCUT2D eigenvalue weighted by atomic mass is 79.9. The second-order valence-corrected chi connectivity index (χ2v) is 6.34. The molecule has 2 aromatic carbocycles. The molecule has 21 heavy (non-hydrogen) atoms. The standard InChI is InChI=1S/C16H14Br2O3/c1-10-3-6-13(7-4-10)21-16(19)11(2)20-15-8-5-12(17)9-14(15)18/h3-9,11H,1-2H3/t11-/m0/s1. The molecule has 110 valence electrons. The number of hydrogen-bond donors (Lipinski definition) is 0. The van der Waals surface area contributed by atoms with Gasteiger partial charge in [0, 0.05) is 4.47 Å². The first-order valence-corrected chi connectivity index (χ1v) is 7.94. The Bertz CT molecular complexity index is 638. The van der Waals surface area contributed by atoms with Gasteiger partial charge < -0.3 is 9.47 Å². The van der Waals surface area contributed by atoms with Gasteiger partial charge in [0.15, 0.2) is 6.10 Å². The molecule has 0 saturated heterocycles. The van der Waals surface area contributed by atoms with Crippen LogP contribution >= 0.6 is 31.9 Å². The summed E-state index contributed by atoms with van der Waals surface area (Å²) in [7, 11) is 0. The van der Waals surface area contributed by atoms with E-state index in [1.54, 1.807) is 25.1 Å². The van der Waals surface area contributed by atoms with Crippen LogP contribution in [0.2, 0.25) is 0 Å². The highest BCUT2D eigenvalue weighted by molar-refractivity contribution is 9.11. The molecule has 0 N–H and O–H groups in total. The van der Waals surface area contributed by atoms with Crippen molar-refractivity contribution < 1.29 is 14.3 Å². The summed E-state index contributed by atoms with van der Waals surface area (Å²) in [6, 6.07) is 12.8. The number of rotatable bonds is 4. The smallest absolute Gasteiger partial charge is 0.352 e. The van der Waals surface area contributed by atoms with Crippen molar-refractivity contribution in [2.24, 2.45) is 0 Å². The molecule has 0 aliphatic heterocycles. The normalized spacial score (nSPS) is 11.8. The monoisotopic (exact) mass is 412 g/mol. The largest absolute Gasteiger partial charge is 0.478 e. The van der Waals surface area contributed by atoms with Crippen LogP contribution in [0, 0.1) is 6.92 Å². The lowest BCUT2D eigenvalue weighted by molar-refractivity contribution is -0.141. The zero-order valence-electron chi connectivity index (χ0n) is 11.6. The van der Waals surface area contributed by atoms with Crippen LogP contribution in [0.1, 0.15) is 12.5 Å². The molecule has 0 spiro atoms. The molecule has 0 radical (unpaired) electrons. The average Bonchev–Trinajstić information content (AvgIpc) is 2.44. The van der Waals surface area contributed by atoms with Crippen molar-refractivity contribution in [3.63, 3.8) is 0 Å². The maximum atomic E-state index is 12.0. The Hall–Kier alpha value is -1.33. The molecular weight excluding hydrogens is 400 g/mol. The van der Waals surface area contributed by atoms with Gasteiger partial charge in [-0.1, -0.05) is 33.6 Å². The molecule has 0 aromatic heterocycles. The zero-order valence-corrected chi connectivity index (χ0v) is 14.8. The number of aryl methyl sites for hydroxylation is 1. The highest BCUT2D eigenvalue weighted by Crippen LogP contribution is 2.29. The van der Waals surface area contributed by atoms with Gasteiger partial charge in [-0.05, 0) is 60.1 Å². The fraction of sp³-hybridized carbons (Fsp3) is 0.188. The van der Waals surface area contributed by atoms with Gasteiger partial charge in [-0.2, -0.15) is 0 Å². The SMILES string of the molecule is Cc1ccc(OC(=O)[C@H](C)Oc2ccc(Br)cc2Br)cc1. The summed E-state index contributed by atoms with van der Waals surface area (Å²) in [5.41, 5.74) is 1.11. The van der Waals surface area contributed by atoms with E-state index >= 15 is 0 Å². The van der Waals surface area contributed by atoms with Crippen LogP contribution in [-0.4, -0.2) is 12.1 Å². The van der Waals surface area contributed by atoms with E-state index < -0.39 is 12.1 Å². The summed E-state index contributed by atoms with van der Waals surface area (Å²) in [4.78, 5) is 12.0. The van der Waals surface area contributed by atoms with Crippen LogP contribution in [-0.2, 0) is 4.79 Å². The first-order valence-electron chi connectivity index (χ1n) is 6.36. The van der Waals surface area contributed by atoms with Gasteiger partial charge in [0.05, 0.1) is 4.47 Å². The second-order valence-electron chi connectivity index (χ2n) is 4.57. The van der Waals surface area contributed by atoms with Gasteiger partial charge >= 0.3 is 5.97 Å². The number of esters is 1. The summed E-state index contributed by atoms with van der Waals surface area (Å²) < 4.78 is 12.6. The van der Waals surface area contributed by atoms with Crippen molar-refractivity contribution in [2.75, 3.05) is 0 Å². The van der Waals surface area contributed by atoms with Crippen molar-refractivity contribution in [3.05, 3.63) is 57.0 Å². The minimum Gasteiger partial charge on any atom is -0.478 e. The van der Waals surface area contributed by atoms with E-state index in [2.05, 4.69) is 31.9 Å². The van der Waals surface area contributed by atoms with E-state index in [1.807, 2.05) is 31.2 Å². The lowest BCUT2D eigenvalue weighted by Crippen LogP contribution is -2.28. The Balaban J connectivity index is 2.00. The Kier molecular flexibility index (Phi) is 5.42. The molecule has 0 saturated carbocycles. The number of benzene rings is 2. The Morgan fingerprint density at radius 2 is 1.76 bits per heavy atom. The number of halogens is 2. The van der Waals surface area contributed by atoms with Crippen molar-refractivity contribution in [1.82, 2.24) is 0 Å². The average molecular weight is 414 g/mol.